The van der Waals surface area contributed by atoms with Crippen LogP contribution >= 0.6 is 15.9 Å². The van der Waals surface area contributed by atoms with Crippen molar-refractivity contribution in [2.75, 3.05) is 0 Å². The highest BCUT2D eigenvalue weighted by atomic mass is 79.9. The summed E-state index contributed by atoms with van der Waals surface area (Å²) in [4.78, 5) is 0. The topological polar surface area (TPSA) is 12.0 Å². The summed E-state index contributed by atoms with van der Waals surface area (Å²) in [6, 6.07) is 7.80. The standard InChI is InChI=1S/C15H19BrF3N/c1-10(13-7-2-3-8-14(13)16)20-12-6-4-5-11(9-12)15(17,18)19/h2-3,7-8,10-12,20H,4-6,9H2,1H3/t10-,11?,12?/m1/s1. The van der Waals surface area contributed by atoms with Gasteiger partial charge in [-0.2, -0.15) is 13.2 Å². The van der Waals surface area contributed by atoms with E-state index < -0.39 is 12.1 Å². The van der Waals surface area contributed by atoms with E-state index in [4.69, 9.17) is 0 Å². The van der Waals surface area contributed by atoms with Crippen LogP contribution in [0.4, 0.5) is 13.2 Å². The van der Waals surface area contributed by atoms with E-state index in [1.165, 1.54) is 0 Å². The van der Waals surface area contributed by atoms with E-state index >= 15 is 0 Å². The van der Waals surface area contributed by atoms with Gasteiger partial charge in [-0.1, -0.05) is 40.5 Å². The van der Waals surface area contributed by atoms with Gasteiger partial charge in [0.05, 0.1) is 5.92 Å². The van der Waals surface area contributed by atoms with Gasteiger partial charge >= 0.3 is 6.18 Å². The molecule has 5 heteroatoms. The molecule has 1 saturated carbocycles. The van der Waals surface area contributed by atoms with Gasteiger partial charge in [-0.05, 0) is 37.8 Å². The van der Waals surface area contributed by atoms with E-state index in [1.807, 2.05) is 31.2 Å². The Bertz CT molecular complexity index is 447. The van der Waals surface area contributed by atoms with Crippen LogP contribution in [-0.2, 0) is 0 Å². The molecule has 20 heavy (non-hydrogen) atoms. The van der Waals surface area contributed by atoms with Crippen LogP contribution in [-0.4, -0.2) is 12.2 Å². The van der Waals surface area contributed by atoms with E-state index in [-0.39, 0.29) is 24.9 Å². The van der Waals surface area contributed by atoms with E-state index in [2.05, 4.69) is 21.2 Å². The van der Waals surface area contributed by atoms with Crippen molar-refractivity contribution in [1.82, 2.24) is 5.32 Å². The first-order valence-corrected chi connectivity index (χ1v) is 7.74. The quantitative estimate of drug-likeness (QED) is 0.788. The molecule has 112 valence electrons. The van der Waals surface area contributed by atoms with Crippen molar-refractivity contribution in [3.05, 3.63) is 34.3 Å². The second-order valence-electron chi connectivity index (χ2n) is 5.51. The number of nitrogens with one attached hydrogen (secondary N) is 1. The highest BCUT2D eigenvalue weighted by Gasteiger charge is 2.42. The molecule has 0 amide bonds. The molecule has 0 heterocycles. The number of hydrogen-bond donors (Lipinski definition) is 1. The smallest absolute Gasteiger partial charge is 0.307 e. The van der Waals surface area contributed by atoms with E-state index in [0.29, 0.717) is 6.42 Å². The molecule has 3 atom stereocenters. The van der Waals surface area contributed by atoms with Crippen LogP contribution < -0.4 is 5.32 Å². The molecule has 0 saturated heterocycles. The zero-order valence-electron chi connectivity index (χ0n) is 11.4. The van der Waals surface area contributed by atoms with Crippen LogP contribution in [0.15, 0.2) is 28.7 Å². The maximum atomic E-state index is 12.8. The van der Waals surface area contributed by atoms with Gasteiger partial charge in [-0.25, -0.2) is 0 Å². The number of halogens is 4. The van der Waals surface area contributed by atoms with Gasteiger partial charge in [0, 0.05) is 16.6 Å². The number of benzene rings is 1. The van der Waals surface area contributed by atoms with Crippen molar-refractivity contribution in [1.29, 1.82) is 0 Å². The highest BCUT2D eigenvalue weighted by Crippen LogP contribution is 2.38. The maximum absolute atomic E-state index is 12.8. The lowest BCUT2D eigenvalue weighted by Crippen LogP contribution is -2.39. The summed E-state index contributed by atoms with van der Waals surface area (Å²) in [5.41, 5.74) is 1.08. The minimum Gasteiger partial charge on any atom is -0.307 e. The summed E-state index contributed by atoms with van der Waals surface area (Å²) >= 11 is 3.49. The van der Waals surface area contributed by atoms with Gasteiger partial charge in [0.1, 0.15) is 0 Å². The van der Waals surface area contributed by atoms with Crippen LogP contribution in [0.3, 0.4) is 0 Å². The molecule has 0 aliphatic heterocycles. The van der Waals surface area contributed by atoms with Crippen LogP contribution in [0.25, 0.3) is 0 Å². The molecular weight excluding hydrogens is 331 g/mol. The molecule has 2 rings (SSSR count). The minimum atomic E-state index is -4.06. The lowest BCUT2D eigenvalue weighted by Gasteiger charge is -2.33. The first kappa shape index (κ1) is 15.8. The molecular formula is C15H19BrF3N. The average molecular weight is 350 g/mol. The molecule has 0 bridgehead atoms. The van der Waals surface area contributed by atoms with Crippen LogP contribution in [0.2, 0.25) is 0 Å². The molecule has 1 aliphatic carbocycles. The van der Waals surface area contributed by atoms with Crippen molar-refractivity contribution < 1.29 is 13.2 Å². The van der Waals surface area contributed by atoms with Crippen LogP contribution in [0.5, 0.6) is 0 Å². The molecule has 0 aromatic heterocycles. The van der Waals surface area contributed by atoms with Crippen LogP contribution in [0, 0.1) is 5.92 Å². The van der Waals surface area contributed by atoms with Crippen molar-refractivity contribution in [2.24, 2.45) is 5.92 Å². The van der Waals surface area contributed by atoms with E-state index in [9.17, 15) is 13.2 Å². The lowest BCUT2D eigenvalue weighted by molar-refractivity contribution is -0.183. The second kappa shape index (κ2) is 6.48. The predicted octanol–water partition coefficient (Wildman–Crippen LogP) is 5.22. The highest BCUT2D eigenvalue weighted by molar-refractivity contribution is 9.10. The van der Waals surface area contributed by atoms with E-state index in [1.54, 1.807) is 0 Å². The molecule has 1 N–H and O–H groups in total. The zero-order chi connectivity index (χ0) is 14.8. The maximum Gasteiger partial charge on any atom is 0.391 e. The summed E-state index contributed by atoms with van der Waals surface area (Å²) in [5.74, 6) is -1.15. The average Bonchev–Trinajstić information content (AvgIpc) is 2.38. The third-order valence-corrected chi connectivity index (χ3v) is 4.72. The number of hydrogen-bond acceptors (Lipinski definition) is 1. The van der Waals surface area contributed by atoms with Gasteiger partial charge in [0.25, 0.3) is 0 Å². The Balaban J connectivity index is 1.98. The van der Waals surface area contributed by atoms with E-state index in [0.717, 1.165) is 16.5 Å². The Hall–Kier alpha value is -0.550. The summed E-state index contributed by atoms with van der Waals surface area (Å²) < 4.78 is 39.4. The van der Waals surface area contributed by atoms with Gasteiger partial charge in [-0.3, -0.25) is 0 Å². The number of alkyl halides is 3. The fraction of sp³-hybridized carbons (Fsp3) is 0.600. The fourth-order valence-electron chi connectivity index (χ4n) is 2.91. The lowest BCUT2D eigenvalue weighted by atomic mass is 9.85. The first-order chi connectivity index (χ1) is 9.38. The minimum absolute atomic E-state index is 0.0440. The SMILES string of the molecule is C[C@@H](NC1CCCC(C(F)(F)F)C1)c1ccccc1Br. The summed E-state index contributed by atoms with van der Waals surface area (Å²) in [6.07, 6.45) is -2.13. The largest absolute Gasteiger partial charge is 0.391 e. The summed E-state index contributed by atoms with van der Waals surface area (Å²) in [5, 5.41) is 3.35. The molecule has 0 spiro atoms. The van der Waals surface area contributed by atoms with Gasteiger partial charge in [-0.15, -0.1) is 0 Å². The monoisotopic (exact) mass is 349 g/mol. The van der Waals surface area contributed by atoms with Gasteiger partial charge < -0.3 is 5.32 Å². The first-order valence-electron chi connectivity index (χ1n) is 6.95. The Morgan fingerprint density at radius 2 is 1.95 bits per heavy atom. The summed E-state index contributed by atoms with van der Waals surface area (Å²) in [7, 11) is 0. The Morgan fingerprint density at radius 3 is 2.60 bits per heavy atom. The molecule has 1 aromatic rings. The van der Waals surface area contributed by atoms with Gasteiger partial charge in [0.15, 0.2) is 0 Å². The Kier molecular flexibility index (Phi) is 5.13. The second-order valence-corrected chi connectivity index (χ2v) is 6.37. The Morgan fingerprint density at radius 1 is 1.25 bits per heavy atom. The predicted molar refractivity (Wildman–Crippen MR) is 77.5 cm³/mol. The third-order valence-electron chi connectivity index (χ3n) is 3.99. The Labute approximate surface area is 126 Å². The zero-order valence-corrected chi connectivity index (χ0v) is 13.0. The molecule has 1 nitrogen and oxygen atoms in total. The molecule has 1 fully saturated rings. The van der Waals surface area contributed by atoms with Crippen LogP contribution in [0.1, 0.15) is 44.2 Å². The van der Waals surface area contributed by atoms with Crippen molar-refractivity contribution >= 4 is 15.9 Å². The fourth-order valence-corrected chi connectivity index (χ4v) is 3.54. The van der Waals surface area contributed by atoms with Crippen molar-refractivity contribution in [3.63, 3.8) is 0 Å². The van der Waals surface area contributed by atoms with Crippen molar-refractivity contribution in [3.8, 4) is 0 Å². The van der Waals surface area contributed by atoms with Gasteiger partial charge in [0.2, 0.25) is 0 Å². The molecule has 1 aliphatic rings. The summed E-state index contributed by atoms with van der Waals surface area (Å²) in [6.45, 7) is 2.00. The normalized spacial score (nSPS) is 25.4. The van der Waals surface area contributed by atoms with Crippen molar-refractivity contribution in [2.45, 2.75) is 50.9 Å². The third kappa shape index (κ3) is 3.98. The number of rotatable bonds is 3. The molecule has 1 aromatic carbocycles. The molecule has 0 radical (unpaired) electrons. The molecule has 2 unspecified atom stereocenters.